The van der Waals surface area contributed by atoms with E-state index in [0.29, 0.717) is 25.2 Å². The van der Waals surface area contributed by atoms with E-state index in [0.717, 1.165) is 18.4 Å². The van der Waals surface area contributed by atoms with Crippen LogP contribution < -0.4 is 4.31 Å². The van der Waals surface area contributed by atoms with Gasteiger partial charge in [0, 0.05) is 19.1 Å². The van der Waals surface area contributed by atoms with E-state index in [1.165, 1.54) is 32.9 Å². The molecule has 4 rings (SSSR count). The van der Waals surface area contributed by atoms with Gasteiger partial charge in [0.2, 0.25) is 10.0 Å². The van der Waals surface area contributed by atoms with E-state index in [-0.39, 0.29) is 15.8 Å². The van der Waals surface area contributed by atoms with Gasteiger partial charge < -0.3 is 0 Å². The van der Waals surface area contributed by atoms with Crippen LogP contribution in [0.25, 0.3) is 0 Å². The maximum absolute atomic E-state index is 13.2. The van der Waals surface area contributed by atoms with Crippen LogP contribution in [0, 0.1) is 0 Å². The SMILES string of the molecule is C[C@@H]1Cc2ccccc2N1S(=O)(=O)c1ccc(S(=O)(=O)N2CCCC2)cc1. The van der Waals surface area contributed by atoms with Crippen molar-refractivity contribution >= 4 is 25.7 Å². The minimum atomic E-state index is -3.76. The Kier molecular flexibility index (Phi) is 4.52. The van der Waals surface area contributed by atoms with Gasteiger partial charge in [-0.3, -0.25) is 4.31 Å². The fraction of sp³-hybridized carbons (Fsp3) is 0.368. The summed E-state index contributed by atoms with van der Waals surface area (Å²) in [6.45, 7) is 2.92. The van der Waals surface area contributed by atoms with Crippen molar-refractivity contribution in [2.24, 2.45) is 0 Å². The number of rotatable bonds is 4. The highest BCUT2D eigenvalue weighted by atomic mass is 32.2. The maximum Gasteiger partial charge on any atom is 0.264 e. The first-order valence-electron chi connectivity index (χ1n) is 9.04. The molecule has 1 fully saturated rings. The fourth-order valence-electron chi connectivity index (χ4n) is 3.88. The van der Waals surface area contributed by atoms with Crippen molar-refractivity contribution in [3.05, 3.63) is 54.1 Å². The number of hydrogen-bond acceptors (Lipinski definition) is 4. The van der Waals surface area contributed by atoms with E-state index >= 15 is 0 Å². The standard InChI is InChI=1S/C19H22N2O4S2/c1-15-14-16-6-2-3-7-19(16)21(15)27(24,25)18-10-8-17(9-11-18)26(22,23)20-12-4-5-13-20/h2-3,6-11,15H,4-5,12-14H2,1H3/t15-/m1/s1. The summed E-state index contributed by atoms with van der Waals surface area (Å²) in [6, 6.07) is 12.9. The molecule has 8 heteroatoms. The molecule has 0 aliphatic carbocycles. The molecule has 0 bridgehead atoms. The molecule has 144 valence electrons. The lowest BCUT2D eigenvalue weighted by Crippen LogP contribution is -2.35. The second-order valence-corrected chi connectivity index (χ2v) is 10.8. The molecular weight excluding hydrogens is 384 g/mol. The number of fused-ring (bicyclic) bond motifs is 1. The summed E-state index contributed by atoms with van der Waals surface area (Å²) in [7, 11) is -7.31. The molecule has 2 aromatic carbocycles. The van der Waals surface area contributed by atoms with Crippen molar-refractivity contribution in [1.29, 1.82) is 0 Å². The second kappa shape index (κ2) is 6.61. The number of benzene rings is 2. The van der Waals surface area contributed by atoms with E-state index in [4.69, 9.17) is 0 Å². The highest BCUT2D eigenvalue weighted by molar-refractivity contribution is 7.93. The first-order chi connectivity index (χ1) is 12.8. The predicted molar refractivity (Wildman–Crippen MR) is 104 cm³/mol. The Morgan fingerprint density at radius 3 is 2.00 bits per heavy atom. The fourth-order valence-corrected chi connectivity index (χ4v) is 7.09. The van der Waals surface area contributed by atoms with E-state index in [1.807, 2.05) is 31.2 Å². The van der Waals surface area contributed by atoms with Crippen LogP contribution >= 0.6 is 0 Å². The highest BCUT2D eigenvalue weighted by Crippen LogP contribution is 2.36. The number of hydrogen-bond donors (Lipinski definition) is 0. The summed E-state index contributed by atoms with van der Waals surface area (Å²) in [5.74, 6) is 0. The largest absolute Gasteiger partial charge is 0.264 e. The average molecular weight is 407 g/mol. The second-order valence-electron chi connectivity index (χ2n) is 7.07. The molecule has 0 amide bonds. The van der Waals surface area contributed by atoms with Gasteiger partial charge in [-0.05, 0) is 62.1 Å². The minimum absolute atomic E-state index is 0.103. The third-order valence-corrected chi connectivity index (χ3v) is 9.08. The molecule has 0 unspecified atom stereocenters. The quantitative estimate of drug-likeness (QED) is 0.782. The van der Waals surface area contributed by atoms with Crippen molar-refractivity contribution in [3.63, 3.8) is 0 Å². The zero-order valence-corrected chi connectivity index (χ0v) is 16.7. The van der Waals surface area contributed by atoms with Gasteiger partial charge in [0.25, 0.3) is 10.0 Å². The van der Waals surface area contributed by atoms with Crippen LogP contribution in [0.4, 0.5) is 5.69 Å². The summed E-state index contributed by atoms with van der Waals surface area (Å²) in [5.41, 5.74) is 1.69. The summed E-state index contributed by atoms with van der Waals surface area (Å²) >= 11 is 0. The van der Waals surface area contributed by atoms with Gasteiger partial charge in [-0.2, -0.15) is 4.31 Å². The third-order valence-electron chi connectivity index (χ3n) is 5.23. The number of nitrogens with zero attached hydrogens (tertiary/aromatic N) is 2. The summed E-state index contributed by atoms with van der Waals surface area (Å²) in [6.07, 6.45) is 2.38. The molecule has 0 saturated carbocycles. The zero-order valence-electron chi connectivity index (χ0n) is 15.1. The van der Waals surface area contributed by atoms with E-state index in [2.05, 4.69) is 0 Å². The third kappa shape index (κ3) is 3.05. The van der Waals surface area contributed by atoms with Crippen molar-refractivity contribution in [3.8, 4) is 0 Å². The van der Waals surface area contributed by atoms with Crippen molar-refractivity contribution in [2.75, 3.05) is 17.4 Å². The normalized spacial score (nSPS) is 20.8. The van der Waals surface area contributed by atoms with Crippen LogP contribution in [-0.4, -0.2) is 40.3 Å². The van der Waals surface area contributed by atoms with Crippen LogP contribution in [-0.2, 0) is 26.5 Å². The Morgan fingerprint density at radius 1 is 0.815 bits per heavy atom. The van der Waals surface area contributed by atoms with Gasteiger partial charge in [-0.1, -0.05) is 18.2 Å². The highest BCUT2D eigenvalue weighted by Gasteiger charge is 2.36. The van der Waals surface area contributed by atoms with Crippen LogP contribution in [0.5, 0.6) is 0 Å². The predicted octanol–water partition coefficient (Wildman–Crippen LogP) is 2.61. The minimum Gasteiger partial charge on any atom is -0.263 e. The number of sulfonamides is 2. The van der Waals surface area contributed by atoms with Crippen molar-refractivity contribution in [1.82, 2.24) is 4.31 Å². The van der Waals surface area contributed by atoms with Gasteiger partial charge in [0.05, 0.1) is 15.5 Å². The molecule has 2 heterocycles. The van der Waals surface area contributed by atoms with Gasteiger partial charge in [0.15, 0.2) is 0 Å². The van der Waals surface area contributed by atoms with Gasteiger partial charge in [0.1, 0.15) is 0 Å². The molecule has 0 N–H and O–H groups in total. The lowest BCUT2D eigenvalue weighted by atomic mass is 10.1. The van der Waals surface area contributed by atoms with E-state index in [1.54, 1.807) is 0 Å². The number of anilines is 1. The molecule has 0 radical (unpaired) electrons. The van der Waals surface area contributed by atoms with Crippen molar-refractivity contribution < 1.29 is 16.8 Å². The summed E-state index contributed by atoms with van der Waals surface area (Å²) < 4.78 is 54.5. The molecule has 0 spiro atoms. The van der Waals surface area contributed by atoms with Gasteiger partial charge in [-0.15, -0.1) is 0 Å². The topological polar surface area (TPSA) is 74.8 Å². The summed E-state index contributed by atoms with van der Waals surface area (Å²) in [5, 5.41) is 0. The maximum atomic E-state index is 13.2. The molecule has 27 heavy (non-hydrogen) atoms. The Labute approximate surface area is 160 Å². The smallest absolute Gasteiger partial charge is 0.263 e. The monoisotopic (exact) mass is 406 g/mol. The van der Waals surface area contributed by atoms with Crippen LogP contribution in [0.2, 0.25) is 0 Å². The average Bonchev–Trinajstić information content (AvgIpc) is 3.29. The first kappa shape index (κ1) is 18.5. The Balaban J connectivity index is 1.68. The molecule has 1 saturated heterocycles. The van der Waals surface area contributed by atoms with Crippen LogP contribution in [0.15, 0.2) is 58.3 Å². The molecule has 2 aromatic rings. The van der Waals surface area contributed by atoms with Gasteiger partial charge >= 0.3 is 0 Å². The van der Waals surface area contributed by atoms with Crippen molar-refractivity contribution in [2.45, 2.75) is 42.0 Å². The lowest BCUT2D eigenvalue weighted by Gasteiger charge is -2.24. The Hall–Kier alpha value is -1.90. The zero-order chi connectivity index (χ0) is 19.2. The molecule has 0 aromatic heterocycles. The Morgan fingerprint density at radius 2 is 1.37 bits per heavy atom. The molecule has 2 aliphatic heterocycles. The molecule has 6 nitrogen and oxygen atoms in total. The van der Waals surface area contributed by atoms with Crippen LogP contribution in [0.3, 0.4) is 0 Å². The number of para-hydroxylation sites is 1. The molecular formula is C19H22N2O4S2. The first-order valence-corrected chi connectivity index (χ1v) is 11.9. The van der Waals surface area contributed by atoms with E-state index < -0.39 is 20.0 Å². The lowest BCUT2D eigenvalue weighted by molar-refractivity contribution is 0.477. The summed E-state index contributed by atoms with van der Waals surface area (Å²) in [4.78, 5) is 0.240. The molecule has 2 aliphatic rings. The van der Waals surface area contributed by atoms with E-state index in [9.17, 15) is 16.8 Å². The molecule has 1 atom stereocenters. The Bertz CT molecular complexity index is 1060. The van der Waals surface area contributed by atoms with Gasteiger partial charge in [-0.25, -0.2) is 16.8 Å². The van der Waals surface area contributed by atoms with Crippen LogP contribution in [0.1, 0.15) is 25.3 Å².